The SMILES string of the molecule is Cc1ccc(-n2c(SCc3nc(C(=O)N4CCN(c5ccccc5Cl)CC4)cs3)nnc2-c2ccco2)cc1. The number of benzene rings is 2. The largest absolute Gasteiger partial charge is 0.461 e. The third kappa shape index (κ3) is 5.45. The van der Waals surface area contributed by atoms with Crippen molar-refractivity contribution < 1.29 is 9.21 Å². The summed E-state index contributed by atoms with van der Waals surface area (Å²) in [5.74, 6) is 1.81. The van der Waals surface area contributed by atoms with E-state index in [4.69, 9.17) is 16.0 Å². The molecule has 39 heavy (non-hydrogen) atoms. The first-order chi connectivity index (χ1) is 19.1. The zero-order chi connectivity index (χ0) is 26.8. The van der Waals surface area contributed by atoms with Crippen molar-refractivity contribution in [2.24, 2.45) is 0 Å². The molecule has 0 spiro atoms. The monoisotopic (exact) mass is 576 g/mol. The Kier molecular flexibility index (Phi) is 7.40. The molecule has 1 saturated heterocycles. The van der Waals surface area contributed by atoms with Crippen molar-refractivity contribution >= 4 is 46.3 Å². The van der Waals surface area contributed by atoms with Gasteiger partial charge in [0.2, 0.25) is 5.82 Å². The Morgan fingerprint density at radius 1 is 1.03 bits per heavy atom. The van der Waals surface area contributed by atoms with E-state index in [1.165, 1.54) is 28.7 Å². The highest BCUT2D eigenvalue weighted by Gasteiger charge is 2.25. The quantitative estimate of drug-likeness (QED) is 0.213. The highest BCUT2D eigenvalue weighted by Crippen LogP contribution is 2.31. The van der Waals surface area contributed by atoms with Crippen LogP contribution in [0.25, 0.3) is 17.3 Å². The number of rotatable bonds is 7. The normalized spacial score (nSPS) is 13.7. The molecule has 0 saturated carbocycles. The highest BCUT2D eigenvalue weighted by molar-refractivity contribution is 7.98. The van der Waals surface area contributed by atoms with Crippen LogP contribution in [0.2, 0.25) is 5.02 Å². The number of nitrogens with zero attached hydrogens (tertiary/aromatic N) is 6. The Balaban J connectivity index is 1.13. The van der Waals surface area contributed by atoms with Gasteiger partial charge in [0.05, 0.1) is 22.7 Å². The third-order valence-electron chi connectivity index (χ3n) is 6.52. The molecule has 1 aliphatic heterocycles. The van der Waals surface area contributed by atoms with Gasteiger partial charge >= 0.3 is 0 Å². The predicted molar refractivity (Wildman–Crippen MR) is 155 cm³/mol. The number of hydrogen-bond acceptors (Lipinski definition) is 8. The third-order valence-corrected chi connectivity index (χ3v) is 8.81. The highest BCUT2D eigenvalue weighted by atomic mass is 35.5. The number of para-hydroxylation sites is 1. The van der Waals surface area contributed by atoms with Crippen molar-refractivity contribution in [2.45, 2.75) is 17.8 Å². The second-order valence-electron chi connectivity index (χ2n) is 9.10. The Hall–Kier alpha value is -3.60. The number of aromatic nitrogens is 4. The molecule has 0 unspecified atom stereocenters. The molecular formula is C28H25ClN6O2S2. The van der Waals surface area contributed by atoms with Gasteiger partial charge in [-0.15, -0.1) is 21.5 Å². The van der Waals surface area contributed by atoms with Crippen LogP contribution < -0.4 is 4.90 Å². The van der Waals surface area contributed by atoms with Crippen molar-refractivity contribution in [1.29, 1.82) is 0 Å². The van der Waals surface area contributed by atoms with Crippen LogP contribution in [0.4, 0.5) is 5.69 Å². The number of anilines is 1. The average molecular weight is 577 g/mol. The molecule has 8 nitrogen and oxygen atoms in total. The number of furan rings is 1. The number of thioether (sulfide) groups is 1. The first kappa shape index (κ1) is 25.7. The molecule has 6 rings (SSSR count). The number of piperazine rings is 1. The first-order valence-electron chi connectivity index (χ1n) is 12.5. The minimum Gasteiger partial charge on any atom is -0.461 e. The summed E-state index contributed by atoms with van der Waals surface area (Å²) in [6.07, 6.45) is 1.63. The molecule has 198 valence electrons. The maximum absolute atomic E-state index is 13.2. The topological polar surface area (TPSA) is 80.3 Å². The standard InChI is InChI=1S/C28H25ClN6O2S2/c1-19-8-10-20(11-9-19)35-26(24-7-4-16-37-24)31-32-28(35)39-18-25-30-22(17-38-25)27(36)34-14-12-33(13-15-34)23-6-3-2-5-21(23)29/h2-11,16-17H,12-15,18H2,1H3. The Morgan fingerprint density at radius 2 is 1.82 bits per heavy atom. The summed E-state index contributed by atoms with van der Waals surface area (Å²) in [7, 11) is 0. The molecule has 0 N–H and O–H groups in total. The van der Waals surface area contributed by atoms with E-state index in [-0.39, 0.29) is 5.91 Å². The number of carbonyl (C=O) groups is 1. The van der Waals surface area contributed by atoms with Gasteiger partial charge in [0.1, 0.15) is 10.7 Å². The molecule has 1 amide bonds. The number of aryl methyl sites for hydroxylation is 1. The van der Waals surface area contributed by atoms with E-state index in [0.29, 0.717) is 36.1 Å². The number of halogens is 1. The van der Waals surface area contributed by atoms with Crippen molar-refractivity contribution in [3.05, 3.63) is 93.6 Å². The second-order valence-corrected chi connectivity index (χ2v) is 11.4. The molecule has 0 aliphatic carbocycles. The van der Waals surface area contributed by atoms with Crippen LogP contribution in [0.3, 0.4) is 0 Å². The summed E-state index contributed by atoms with van der Waals surface area (Å²) in [6.45, 7) is 4.77. The van der Waals surface area contributed by atoms with Crippen molar-refractivity contribution in [2.75, 3.05) is 31.1 Å². The van der Waals surface area contributed by atoms with Gasteiger partial charge in [-0.3, -0.25) is 9.36 Å². The maximum Gasteiger partial charge on any atom is 0.273 e. The molecule has 4 heterocycles. The summed E-state index contributed by atoms with van der Waals surface area (Å²) >= 11 is 9.37. The minimum absolute atomic E-state index is 0.0377. The van der Waals surface area contributed by atoms with Crippen LogP contribution in [-0.4, -0.2) is 56.7 Å². The summed E-state index contributed by atoms with van der Waals surface area (Å²) in [5.41, 5.74) is 3.61. The molecule has 2 aromatic carbocycles. The van der Waals surface area contributed by atoms with Crippen molar-refractivity contribution in [3.8, 4) is 17.3 Å². The Morgan fingerprint density at radius 3 is 2.56 bits per heavy atom. The van der Waals surface area contributed by atoms with E-state index in [0.717, 1.165) is 39.7 Å². The summed E-state index contributed by atoms with van der Waals surface area (Å²) in [6, 6.07) is 19.7. The van der Waals surface area contributed by atoms with Gasteiger partial charge in [0.25, 0.3) is 5.91 Å². The van der Waals surface area contributed by atoms with Crippen LogP contribution >= 0.6 is 34.7 Å². The van der Waals surface area contributed by atoms with E-state index in [9.17, 15) is 4.79 Å². The molecule has 11 heteroatoms. The molecular weight excluding hydrogens is 552 g/mol. The molecule has 0 atom stereocenters. The lowest BCUT2D eigenvalue weighted by atomic mass is 10.2. The average Bonchev–Trinajstić information content (AvgIpc) is 3.74. The van der Waals surface area contributed by atoms with Gasteiger partial charge in [-0.25, -0.2) is 4.98 Å². The Bertz CT molecular complexity index is 1570. The smallest absolute Gasteiger partial charge is 0.273 e. The van der Waals surface area contributed by atoms with Gasteiger partial charge in [-0.05, 0) is 43.3 Å². The van der Waals surface area contributed by atoms with Crippen LogP contribution in [0.15, 0.2) is 81.9 Å². The fourth-order valence-electron chi connectivity index (χ4n) is 4.48. The fraction of sp³-hybridized carbons (Fsp3) is 0.214. The number of thiazole rings is 1. The lowest BCUT2D eigenvalue weighted by Gasteiger charge is -2.36. The number of carbonyl (C=O) groups excluding carboxylic acids is 1. The van der Waals surface area contributed by atoms with E-state index in [2.05, 4.69) is 39.1 Å². The minimum atomic E-state index is -0.0377. The summed E-state index contributed by atoms with van der Waals surface area (Å²) < 4.78 is 7.60. The molecule has 0 bridgehead atoms. The van der Waals surface area contributed by atoms with Gasteiger partial charge < -0.3 is 14.2 Å². The lowest BCUT2D eigenvalue weighted by molar-refractivity contribution is 0.0741. The maximum atomic E-state index is 13.2. The molecule has 5 aromatic rings. The van der Waals surface area contributed by atoms with Gasteiger partial charge in [-0.1, -0.05) is 53.2 Å². The molecule has 3 aromatic heterocycles. The summed E-state index contributed by atoms with van der Waals surface area (Å²) in [4.78, 5) is 21.9. The van der Waals surface area contributed by atoms with Crippen molar-refractivity contribution in [1.82, 2.24) is 24.6 Å². The number of amides is 1. The first-order valence-corrected chi connectivity index (χ1v) is 14.7. The fourth-order valence-corrected chi connectivity index (χ4v) is 6.47. The Labute approximate surface area is 239 Å². The van der Waals surface area contributed by atoms with Crippen LogP contribution in [0, 0.1) is 6.92 Å². The molecule has 1 fully saturated rings. The van der Waals surface area contributed by atoms with E-state index >= 15 is 0 Å². The van der Waals surface area contributed by atoms with Crippen LogP contribution in [0.5, 0.6) is 0 Å². The van der Waals surface area contributed by atoms with Crippen molar-refractivity contribution in [3.63, 3.8) is 0 Å². The number of hydrogen-bond donors (Lipinski definition) is 0. The second kappa shape index (κ2) is 11.3. The molecule has 1 aliphatic rings. The molecule has 0 radical (unpaired) electrons. The van der Waals surface area contributed by atoms with E-state index in [1.54, 1.807) is 6.26 Å². The zero-order valence-corrected chi connectivity index (χ0v) is 23.5. The van der Waals surface area contributed by atoms with Gasteiger partial charge in [-0.2, -0.15) is 0 Å². The van der Waals surface area contributed by atoms with Gasteiger partial charge in [0, 0.05) is 37.2 Å². The van der Waals surface area contributed by atoms with Gasteiger partial charge in [0.15, 0.2) is 10.9 Å². The van der Waals surface area contributed by atoms with Crippen LogP contribution in [-0.2, 0) is 5.75 Å². The van der Waals surface area contributed by atoms with Crippen LogP contribution in [0.1, 0.15) is 21.1 Å². The van der Waals surface area contributed by atoms with E-state index in [1.807, 2.05) is 63.4 Å². The zero-order valence-electron chi connectivity index (χ0n) is 21.2. The predicted octanol–water partition coefficient (Wildman–Crippen LogP) is 6.20. The van der Waals surface area contributed by atoms with E-state index < -0.39 is 0 Å². The summed E-state index contributed by atoms with van der Waals surface area (Å²) in [5, 5.41) is 13.0. The lowest BCUT2D eigenvalue weighted by Crippen LogP contribution is -2.49.